The highest BCUT2D eigenvalue weighted by Crippen LogP contribution is 2.38. The lowest BCUT2D eigenvalue weighted by atomic mass is 9.73. The number of benzene rings is 1. The van der Waals surface area contributed by atoms with Crippen LogP contribution in [0.15, 0.2) is 36.7 Å². The summed E-state index contributed by atoms with van der Waals surface area (Å²) >= 11 is 0. The molecular formula is C22H27N5O3. The number of likely N-dealkylation sites (tertiary alicyclic amines) is 2. The second kappa shape index (κ2) is 8.30. The molecule has 0 spiro atoms. The Labute approximate surface area is 176 Å². The first-order valence-corrected chi connectivity index (χ1v) is 10.3. The zero-order chi connectivity index (χ0) is 21.1. The highest BCUT2D eigenvalue weighted by molar-refractivity contribution is 5.96. The summed E-state index contributed by atoms with van der Waals surface area (Å²) in [6.07, 6.45) is 5.70. The Kier molecular flexibility index (Phi) is 5.57. The Hall–Kier alpha value is -3.16. The maximum atomic E-state index is 13.4. The number of aromatic nitrogens is 2. The monoisotopic (exact) mass is 409 g/mol. The van der Waals surface area contributed by atoms with Gasteiger partial charge in [-0.05, 0) is 37.0 Å². The first-order chi connectivity index (χ1) is 14.5. The molecule has 0 radical (unpaired) electrons. The molecule has 2 fully saturated rings. The van der Waals surface area contributed by atoms with Crippen molar-refractivity contribution in [3.63, 3.8) is 0 Å². The van der Waals surface area contributed by atoms with Gasteiger partial charge >= 0.3 is 0 Å². The summed E-state index contributed by atoms with van der Waals surface area (Å²) in [5.41, 5.74) is 0.867. The Morgan fingerprint density at radius 1 is 1.13 bits per heavy atom. The zero-order valence-electron chi connectivity index (χ0n) is 17.4. The summed E-state index contributed by atoms with van der Waals surface area (Å²) in [7, 11) is 3.36. The van der Waals surface area contributed by atoms with Crippen molar-refractivity contribution in [2.75, 3.05) is 45.7 Å². The number of anilines is 1. The van der Waals surface area contributed by atoms with Crippen molar-refractivity contribution >= 4 is 17.8 Å². The van der Waals surface area contributed by atoms with Crippen molar-refractivity contribution in [2.45, 2.75) is 19.3 Å². The van der Waals surface area contributed by atoms with Crippen molar-refractivity contribution in [1.82, 2.24) is 19.8 Å². The summed E-state index contributed by atoms with van der Waals surface area (Å²) in [4.78, 5) is 38.2. The summed E-state index contributed by atoms with van der Waals surface area (Å²) in [5.74, 6) is 1.24. The van der Waals surface area contributed by atoms with Crippen LogP contribution in [0.3, 0.4) is 0 Å². The third-order valence-electron chi connectivity index (χ3n) is 5.92. The van der Waals surface area contributed by atoms with E-state index in [0.717, 1.165) is 37.2 Å². The van der Waals surface area contributed by atoms with Gasteiger partial charge in [0.1, 0.15) is 5.75 Å². The standard InChI is InChI=1S/C22H27N5O3/c1-23-21-24-12-17(13-25-21)19(28)27-14-22(15-27,20(29)26-8-3-4-9-26)11-16-6-5-7-18(10-16)30-2/h5-7,10,12-13H,3-4,8-9,11,14-15H2,1-2H3,(H,23,24,25). The quantitative estimate of drug-likeness (QED) is 0.783. The average molecular weight is 409 g/mol. The largest absolute Gasteiger partial charge is 0.497 e. The lowest BCUT2D eigenvalue weighted by Crippen LogP contribution is -2.65. The van der Waals surface area contributed by atoms with Crippen LogP contribution in [0.2, 0.25) is 0 Å². The van der Waals surface area contributed by atoms with Crippen LogP contribution in [0.4, 0.5) is 5.95 Å². The second-order valence-corrected chi connectivity index (χ2v) is 8.01. The van der Waals surface area contributed by atoms with Crippen molar-refractivity contribution in [3.05, 3.63) is 47.8 Å². The number of methoxy groups -OCH3 is 1. The highest BCUT2D eigenvalue weighted by atomic mass is 16.5. The Morgan fingerprint density at radius 2 is 1.83 bits per heavy atom. The molecule has 3 heterocycles. The van der Waals surface area contributed by atoms with E-state index in [1.807, 2.05) is 29.2 Å². The SMILES string of the molecule is CNc1ncc(C(=O)N2CC(Cc3cccc(OC)c3)(C(=O)N3CCCC3)C2)cn1. The van der Waals surface area contributed by atoms with Gasteiger partial charge in [0.2, 0.25) is 11.9 Å². The molecular weight excluding hydrogens is 382 g/mol. The summed E-state index contributed by atoms with van der Waals surface area (Å²) in [6, 6.07) is 7.80. The molecule has 30 heavy (non-hydrogen) atoms. The van der Waals surface area contributed by atoms with Crippen LogP contribution in [0.1, 0.15) is 28.8 Å². The van der Waals surface area contributed by atoms with E-state index >= 15 is 0 Å². The van der Waals surface area contributed by atoms with Crippen molar-refractivity contribution in [3.8, 4) is 5.75 Å². The Balaban J connectivity index is 1.53. The van der Waals surface area contributed by atoms with Crippen LogP contribution in [-0.2, 0) is 11.2 Å². The Bertz CT molecular complexity index is 919. The maximum absolute atomic E-state index is 13.4. The predicted molar refractivity (Wildman–Crippen MR) is 112 cm³/mol. The van der Waals surface area contributed by atoms with Gasteiger partial charge in [0.05, 0.1) is 18.1 Å². The molecule has 2 aromatic rings. The minimum atomic E-state index is -0.599. The number of ether oxygens (including phenoxy) is 1. The predicted octanol–water partition coefficient (Wildman–Crippen LogP) is 1.83. The lowest BCUT2D eigenvalue weighted by Gasteiger charge is -2.50. The van der Waals surface area contributed by atoms with Crippen molar-refractivity contribution < 1.29 is 14.3 Å². The van der Waals surface area contributed by atoms with E-state index in [0.29, 0.717) is 31.0 Å². The van der Waals surface area contributed by atoms with Gasteiger partial charge < -0.3 is 19.9 Å². The van der Waals surface area contributed by atoms with Gasteiger partial charge in [-0.15, -0.1) is 0 Å². The minimum absolute atomic E-state index is 0.145. The summed E-state index contributed by atoms with van der Waals surface area (Å²) in [6.45, 7) is 2.39. The molecule has 8 nitrogen and oxygen atoms in total. The van der Waals surface area contributed by atoms with Crippen LogP contribution in [0.25, 0.3) is 0 Å². The number of amides is 2. The fraction of sp³-hybridized carbons (Fsp3) is 0.455. The maximum Gasteiger partial charge on any atom is 0.257 e. The molecule has 0 aliphatic carbocycles. The van der Waals surface area contributed by atoms with Crippen LogP contribution in [0, 0.1) is 5.41 Å². The van der Waals surface area contributed by atoms with Gasteiger partial charge in [-0.3, -0.25) is 9.59 Å². The molecule has 2 aliphatic heterocycles. The van der Waals surface area contributed by atoms with E-state index in [9.17, 15) is 9.59 Å². The van der Waals surface area contributed by atoms with E-state index in [1.54, 1.807) is 19.1 Å². The molecule has 1 aromatic carbocycles. The molecule has 8 heteroatoms. The number of carbonyl (C=O) groups excluding carboxylic acids is 2. The molecule has 1 aromatic heterocycles. The van der Waals surface area contributed by atoms with Crippen LogP contribution in [0.5, 0.6) is 5.75 Å². The fourth-order valence-electron chi connectivity index (χ4n) is 4.33. The van der Waals surface area contributed by atoms with Crippen LogP contribution in [-0.4, -0.2) is 71.9 Å². The molecule has 158 valence electrons. The molecule has 0 bridgehead atoms. The van der Waals surface area contributed by atoms with E-state index in [4.69, 9.17) is 4.74 Å². The smallest absolute Gasteiger partial charge is 0.257 e. The number of rotatable bonds is 6. The molecule has 1 N–H and O–H groups in total. The number of nitrogens with one attached hydrogen (secondary N) is 1. The number of hydrogen-bond donors (Lipinski definition) is 1. The van der Waals surface area contributed by atoms with E-state index < -0.39 is 5.41 Å². The summed E-state index contributed by atoms with van der Waals surface area (Å²) in [5, 5.41) is 2.84. The minimum Gasteiger partial charge on any atom is -0.497 e. The average Bonchev–Trinajstić information content (AvgIpc) is 3.30. The molecule has 2 amide bonds. The number of hydrogen-bond acceptors (Lipinski definition) is 6. The van der Waals surface area contributed by atoms with Crippen molar-refractivity contribution in [1.29, 1.82) is 0 Å². The van der Waals surface area contributed by atoms with E-state index in [1.165, 1.54) is 12.4 Å². The molecule has 0 unspecified atom stereocenters. The normalized spacial score (nSPS) is 17.4. The second-order valence-electron chi connectivity index (χ2n) is 8.01. The van der Waals surface area contributed by atoms with Crippen LogP contribution >= 0.6 is 0 Å². The third-order valence-corrected chi connectivity index (χ3v) is 5.92. The molecule has 2 aliphatic rings. The summed E-state index contributed by atoms with van der Waals surface area (Å²) < 4.78 is 5.34. The molecule has 0 saturated carbocycles. The van der Waals surface area contributed by atoms with Gasteiger partial charge in [0.15, 0.2) is 0 Å². The van der Waals surface area contributed by atoms with Gasteiger partial charge in [0, 0.05) is 45.6 Å². The fourth-order valence-corrected chi connectivity index (χ4v) is 4.33. The molecule has 2 saturated heterocycles. The number of carbonyl (C=O) groups is 2. The van der Waals surface area contributed by atoms with Crippen LogP contribution < -0.4 is 10.1 Å². The third kappa shape index (κ3) is 3.81. The molecule has 4 rings (SSSR count). The van der Waals surface area contributed by atoms with E-state index in [2.05, 4.69) is 15.3 Å². The van der Waals surface area contributed by atoms with Gasteiger partial charge in [-0.1, -0.05) is 12.1 Å². The first-order valence-electron chi connectivity index (χ1n) is 10.3. The molecule has 0 atom stereocenters. The highest BCUT2D eigenvalue weighted by Gasteiger charge is 2.52. The van der Waals surface area contributed by atoms with Gasteiger partial charge in [-0.2, -0.15) is 0 Å². The Morgan fingerprint density at radius 3 is 2.47 bits per heavy atom. The number of nitrogens with zero attached hydrogens (tertiary/aromatic N) is 4. The zero-order valence-corrected chi connectivity index (χ0v) is 17.4. The lowest BCUT2D eigenvalue weighted by molar-refractivity contribution is -0.149. The van der Waals surface area contributed by atoms with Crippen molar-refractivity contribution in [2.24, 2.45) is 5.41 Å². The van der Waals surface area contributed by atoms with Gasteiger partial charge in [0.25, 0.3) is 5.91 Å². The topological polar surface area (TPSA) is 87.7 Å². The van der Waals surface area contributed by atoms with Gasteiger partial charge in [-0.25, -0.2) is 9.97 Å². The first kappa shape index (κ1) is 20.1. The van der Waals surface area contributed by atoms with E-state index in [-0.39, 0.29) is 11.8 Å².